The Hall–Kier alpha value is -2.64. The Morgan fingerprint density at radius 2 is 1.03 bits per heavy atom. The molecule has 10 heteroatoms. The standard InChI is InChI=1S/C22H24N2O6Se2/c1-29-21(27)17(23-19(25)15-9-5-3-6-10-15)13-31-32-14-18(22(28)30-2)24-20(26)16-11-7-4-8-12-16/h3-12,17-18H,13-14H2,1-2H3,(H,23,25)(H,24,26). The molecular weight excluding hydrogens is 546 g/mol. The molecule has 2 amide bonds. The topological polar surface area (TPSA) is 111 Å². The summed E-state index contributed by atoms with van der Waals surface area (Å²) in [6.45, 7) is 0. The molecule has 0 aliphatic rings. The minimum absolute atomic E-state index is 0.0421. The SMILES string of the molecule is COC(=O)C(C[Se][Se]CC(NC(=O)c1ccccc1)C(=O)OC)NC(=O)c1ccccc1. The molecule has 32 heavy (non-hydrogen) atoms. The predicted octanol–water partition coefficient (Wildman–Crippen LogP) is 1.09. The summed E-state index contributed by atoms with van der Waals surface area (Å²) in [5, 5.41) is 6.25. The molecule has 2 N–H and O–H groups in total. The Balaban J connectivity index is 1.90. The molecule has 170 valence electrons. The molecule has 0 aromatic heterocycles. The maximum atomic E-state index is 12.4. The predicted molar refractivity (Wildman–Crippen MR) is 121 cm³/mol. The van der Waals surface area contributed by atoms with Crippen molar-refractivity contribution in [2.24, 2.45) is 0 Å². The second kappa shape index (κ2) is 13.7. The Morgan fingerprint density at radius 1 is 0.688 bits per heavy atom. The van der Waals surface area contributed by atoms with E-state index in [1.165, 1.54) is 14.2 Å². The van der Waals surface area contributed by atoms with Crippen LogP contribution in [0.15, 0.2) is 60.7 Å². The van der Waals surface area contributed by atoms with Crippen molar-refractivity contribution in [3.63, 3.8) is 0 Å². The van der Waals surface area contributed by atoms with Crippen molar-refractivity contribution in [3.05, 3.63) is 71.8 Å². The summed E-state index contributed by atoms with van der Waals surface area (Å²) >= 11 is -0.0842. The summed E-state index contributed by atoms with van der Waals surface area (Å²) in [5.74, 6) is -1.75. The van der Waals surface area contributed by atoms with Gasteiger partial charge in [0, 0.05) is 0 Å². The number of methoxy groups -OCH3 is 2. The van der Waals surface area contributed by atoms with E-state index in [4.69, 9.17) is 9.47 Å². The minimum atomic E-state index is -0.773. The average Bonchev–Trinajstić information content (AvgIpc) is 2.84. The molecule has 0 radical (unpaired) electrons. The van der Waals surface area contributed by atoms with E-state index in [9.17, 15) is 19.2 Å². The first kappa shape index (κ1) is 25.6. The Labute approximate surface area is 197 Å². The quantitative estimate of drug-likeness (QED) is 0.238. The van der Waals surface area contributed by atoms with E-state index in [2.05, 4.69) is 10.6 Å². The van der Waals surface area contributed by atoms with Gasteiger partial charge in [0.25, 0.3) is 0 Å². The third-order valence-electron chi connectivity index (χ3n) is 4.21. The van der Waals surface area contributed by atoms with E-state index in [0.717, 1.165) is 0 Å². The zero-order chi connectivity index (χ0) is 23.3. The van der Waals surface area contributed by atoms with Gasteiger partial charge in [-0.1, -0.05) is 0 Å². The molecule has 0 aliphatic carbocycles. The number of carbonyl (C=O) groups is 4. The van der Waals surface area contributed by atoms with Gasteiger partial charge >= 0.3 is 198 Å². The molecule has 2 unspecified atom stereocenters. The molecule has 0 spiro atoms. The van der Waals surface area contributed by atoms with Crippen LogP contribution in [0.25, 0.3) is 0 Å². The van der Waals surface area contributed by atoms with Gasteiger partial charge in [-0.3, -0.25) is 0 Å². The van der Waals surface area contributed by atoms with Crippen LogP contribution >= 0.6 is 0 Å². The molecule has 0 aliphatic heterocycles. The number of nitrogens with one attached hydrogen (secondary N) is 2. The average molecular weight is 570 g/mol. The van der Waals surface area contributed by atoms with Gasteiger partial charge in [0.1, 0.15) is 0 Å². The van der Waals surface area contributed by atoms with Crippen molar-refractivity contribution >= 4 is 50.0 Å². The number of amides is 2. The van der Waals surface area contributed by atoms with Gasteiger partial charge in [-0.15, -0.1) is 0 Å². The molecule has 0 bridgehead atoms. The molecule has 0 fully saturated rings. The van der Waals surface area contributed by atoms with Gasteiger partial charge in [0.2, 0.25) is 0 Å². The van der Waals surface area contributed by atoms with Crippen LogP contribution in [0.4, 0.5) is 0 Å². The summed E-state index contributed by atoms with van der Waals surface area (Å²) in [4.78, 5) is 49.0. The zero-order valence-corrected chi connectivity index (χ0v) is 21.0. The van der Waals surface area contributed by atoms with E-state index >= 15 is 0 Å². The number of hydrogen-bond acceptors (Lipinski definition) is 6. The van der Waals surface area contributed by atoms with Crippen molar-refractivity contribution in [3.8, 4) is 0 Å². The van der Waals surface area contributed by atoms with E-state index in [1.807, 2.05) is 0 Å². The molecule has 0 saturated carbocycles. The summed E-state index contributed by atoms with van der Waals surface area (Å²) in [6.07, 6.45) is 0. The number of hydrogen-bond donors (Lipinski definition) is 2. The van der Waals surface area contributed by atoms with Gasteiger partial charge in [0.15, 0.2) is 0 Å². The van der Waals surface area contributed by atoms with Crippen LogP contribution in [0.2, 0.25) is 10.6 Å². The molecule has 0 saturated heterocycles. The summed E-state index contributed by atoms with van der Waals surface area (Å²) in [6, 6.07) is 15.7. The monoisotopic (exact) mass is 572 g/mol. The summed E-state index contributed by atoms with van der Waals surface area (Å²) in [7, 11) is 2.54. The van der Waals surface area contributed by atoms with Crippen molar-refractivity contribution < 1.29 is 28.7 Å². The van der Waals surface area contributed by atoms with Crippen molar-refractivity contribution in [1.82, 2.24) is 10.6 Å². The van der Waals surface area contributed by atoms with Crippen molar-refractivity contribution in [1.29, 1.82) is 0 Å². The van der Waals surface area contributed by atoms with E-state index in [-0.39, 0.29) is 38.1 Å². The number of ether oxygens (including phenoxy) is 2. The summed E-state index contributed by atoms with van der Waals surface area (Å²) < 4.78 is 9.63. The second-order valence-corrected chi connectivity index (χ2v) is 13.9. The number of benzene rings is 2. The van der Waals surface area contributed by atoms with Gasteiger partial charge in [-0.25, -0.2) is 0 Å². The van der Waals surface area contributed by atoms with Crippen LogP contribution in [0.3, 0.4) is 0 Å². The third kappa shape index (κ3) is 8.13. The van der Waals surface area contributed by atoms with Gasteiger partial charge in [-0.05, 0) is 0 Å². The van der Waals surface area contributed by atoms with E-state index in [1.54, 1.807) is 60.7 Å². The number of rotatable bonds is 11. The molecule has 2 rings (SSSR count). The van der Waals surface area contributed by atoms with Gasteiger partial charge in [0.05, 0.1) is 0 Å². The summed E-state index contributed by atoms with van der Waals surface area (Å²) in [5.41, 5.74) is 0.905. The van der Waals surface area contributed by atoms with Crippen LogP contribution in [0, 0.1) is 0 Å². The molecule has 8 nitrogen and oxygen atoms in total. The van der Waals surface area contributed by atoms with E-state index < -0.39 is 24.0 Å². The molecule has 2 aromatic rings. The van der Waals surface area contributed by atoms with Gasteiger partial charge < -0.3 is 0 Å². The maximum absolute atomic E-state index is 12.4. The van der Waals surface area contributed by atoms with Crippen molar-refractivity contribution in [2.75, 3.05) is 14.2 Å². The van der Waals surface area contributed by atoms with Crippen LogP contribution in [0.5, 0.6) is 0 Å². The fourth-order valence-electron chi connectivity index (χ4n) is 2.52. The van der Waals surface area contributed by atoms with Crippen LogP contribution in [0.1, 0.15) is 20.7 Å². The Morgan fingerprint density at radius 3 is 1.34 bits per heavy atom. The van der Waals surface area contributed by atoms with Crippen LogP contribution < -0.4 is 10.6 Å². The molecule has 0 heterocycles. The molecule has 2 aromatic carbocycles. The second-order valence-electron chi connectivity index (χ2n) is 6.40. The van der Waals surface area contributed by atoms with Crippen LogP contribution in [-0.4, -0.2) is 76.3 Å². The normalized spacial score (nSPS) is 12.2. The van der Waals surface area contributed by atoms with E-state index in [0.29, 0.717) is 21.8 Å². The molecular formula is C22H24N2O6Se2. The third-order valence-corrected chi connectivity index (χ3v) is 11.3. The zero-order valence-electron chi connectivity index (χ0n) is 17.6. The fraction of sp³-hybridized carbons (Fsp3) is 0.273. The number of carbonyl (C=O) groups excluding carboxylic acids is 4. The number of esters is 2. The fourth-order valence-corrected chi connectivity index (χ4v) is 9.48. The first-order valence-corrected chi connectivity index (χ1v) is 16.3. The Kier molecular flexibility index (Phi) is 11.0. The van der Waals surface area contributed by atoms with Gasteiger partial charge in [-0.2, -0.15) is 0 Å². The van der Waals surface area contributed by atoms with Crippen LogP contribution in [-0.2, 0) is 19.1 Å². The first-order chi connectivity index (χ1) is 15.5. The first-order valence-electron chi connectivity index (χ1n) is 9.58. The molecule has 2 atom stereocenters. The Bertz CT molecular complexity index is 836. The van der Waals surface area contributed by atoms with Crippen molar-refractivity contribution in [2.45, 2.75) is 22.7 Å².